The van der Waals surface area contributed by atoms with Crippen LogP contribution in [-0.2, 0) is 21.1 Å². The van der Waals surface area contributed by atoms with Gasteiger partial charge in [0, 0.05) is 18.0 Å². The van der Waals surface area contributed by atoms with Gasteiger partial charge in [0.2, 0.25) is 5.91 Å². The third-order valence-corrected chi connectivity index (χ3v) is 4.58. The molecule has 0 spiro atoms. The van der Waals surface area contributed by atoms with Gasteiger partial charge in [-0.15, -0.1) is 0 Å². The summed E-state index contributed by atoms with van der Waals surface area (Å²) in [4.78, 5) is 13.3. The summed E-state index contributed by atoms with van der Waals surface area (Å²) < 4.78 is 23.0. The van der Waals surface area contributed by atoms with Gasteiger partial charge in [-0.2, -0.15) is 0 Å². The minimum Gasteiger partial charge on any atom is -0.305 e. The van der Waals surface area contributed by atoms with E-state index >= 15 is 0 Å². The maximum atomic E-state index is 11.8. The predicted molar refractivity (Wildman–Crippen MR) is 75.7 cm³/mol. The van der Waals surface area contributed by atoms with Crippen molar-refractivity contribution in [3.63, 3.8) is 0 Å². The highest BCUT2D eigenvalue weighted by atomic mass is 32.2. The smallest absolute Gasteiger partial charge is 0.224 e. The van der Waals surface area contributed by atoms with Gasteiger partial charge in [-0.25, -0.2) is 8.42 Å². The van der Waals surface area contributed by atoms with Gasteiger partial charge >= 0.3 is 0 Å². The van der Waals surface area contributed by atoms with E-state index in [-0.39, 0.29) is 11.7 Å². The van der Waals surface area contributed by atoms with Crippen LogP contribution in [0, 0.1) is 0 Å². The van der Waals surface area contributed by atoms with Gasteiger partial charge in [0.05, 0.1) is 11.8 Å². The Kier molecular flexibility index (Phi) is 3.75. The zero-order chi connectivity index (χ0) is 14.0. The second kappa shape index (κ2) is 5.17. The molecule has 1 atom stereocenters. The number of carbonyl (C=O) groups excluding carboxylic acids is 1. The molecule has 0 aliphatic carbocycles. The Bertz CT molecular complexity index is 602. The molecule has 0 saturated carbocycles. The molecule has 1 aliphatic heterocycles. The molecular weight excluding hydrogens is 262 g/mol. The van der Waals surface area contributed by atoms with Gasteiger partial charge in [-0.05, 0) is 30.2 Å². The Hall–Kier alpha value is -1.62. The summed E-state index contributed by atoms with van der Waals surface area (Å²) in [6.07, 6.45) is 2.50. The van der Waals surface area contributed by atoms with Crippen molar-refractivity contribution >= 4 is 21.4 Å². The number of rotatable bonds is 3. The van der Waals surface area contributed by atoms with E-state index in [1.165, 1.54) is 22.8 Å². The highest BCUT2D eigenvalue weighted by molar-refractivity contribution is 7.94. The first kappa shape index (κ1) is 13.8. The Morgan fingerprint density at radius 3 is 2.37 bits per heavy atom. The molecule has 0 fully saturated rings. The number of hydrogen-bond donors (Lipinski definition) is 0. The molecule has 0 N–H and O–H groups in total. The molecule has 0 saturated heterocycles. The lowest BCUT2D eigenvalue weighted by molar-refractivity contribution is -0.116. The van der Waals surface area contributed by atoms with Gasteiger partial charge in [0.1, 0.15) is 0 Å². The minimum atomic E-state index is -3.17. The van der Waals surface area contributed by atoms with Crippen LogP contribution >= 0.6 is 0 Å². The Labute approximate surface area is 113 Å². The van der Waals surface area contributed by atoms with E-state index in [1.807, 2.05) is 24.3 Å². The van der Waals surface area contributed by atoms with Crippen LogP contribution < -0.4 is 4.90 Å². The molecule has 1 amide bonds. The summed E-state index contributed by atoms with van der Waals surface area (Å²) in [5.74, 6) is -0.196. The number of aryl methyl sites for hydroxylation is 1. The van der Waals surface area contributed by atoms with Gasteiger partial charge in [-0.1, -0.05) is 19.1 Å². The van der Waals surface area contributed by atoms with Crippen molar-refractivity contribution in [3.05, 3.63) is 41.3 Å². The Morgan fingerprint density at radius 2 is 1.95 bits per heavy atom. The molecule has 0 radical (unpaired) electrons. The molecular formula is C14H17NO3S. The van der Waals surface area contributed by atoms with Crippen LogP contribution in [0.5, 0.6) is 0 Å². The molecule has 4 nitrogen and oxygen atoms in total. The van der Waals surface area contributed by atoms with E-state index in [1.54, 1.807) is 6.08 Å². The van der Waals surface area contributed by atoms with Gasteiger partial charge in [-0.3, -0.25) is 4.79 Å². The summed E-state index contributed by atoms with van der Waals surface area (Å²) in [5.41, 5.74) is 1.92. The molecule has 0 unspecified atom stereocenters. The van der Waals surface area contributed by atoms with Crippen molar-refractivity contribution < 1.29 is 13.2 Å². The highest BCUT2D eigenvalue weighted by Crippen LogP contribution is 2.23. The molecule has 0 aromatic heterocycles. The molecule has 1 aromatic rings. The lowest BCUT2D eigenvalue weighted by atomic mass is 10.1. The first-order chi connectivity index (χ1) is 8.93. The molecule has 19 heavy (non-hydrogen) atoms. The largest absolute Gasteiger partial charge is 0.305 e. The van der Waals surface area contributed by atoms with Crippen LogP contribution in [0.4, 0.5) is 5.69 Å². The summed E-state index contributed by atoms with van der Waals surface area (Å²) in [6, 6.07) is 7.23. The van der Waals surface area contributed by atoms with Crippen LogP contribution in [0.2, 0.25) is 0 Å². The van der Waals surface area contributed by atoms with Crippen molar-refractivity contribution in [1.82, 2.24) is 0 Å². The third-order valence-electron chi connectivity index (χ3n) is 3.20. The molecule has 2 rings (SSSR count). The summed E-state index contributed by atoms with van der Waals surface area (Å²) in [7, 11) is -3.17. The number of anilines is 1. The minimum absolute atomic E-state index is 0.0396. The standard InChI is InChI=1S/C14H17NO3S/c1-3-12-4-6-13(7-5-12)15(11(2)16)14-8-9-19(17,18)10-14/h4-9,14H,3,10H2,1-2H3/t14-/m0/s1. The second-order valence-corrected chi connectivity index (χ2v) is 6.57. The normalized spacial score (nSPS) is 20.4. The number of nitrogens with zero attached hydrogens (tertiary/aromatic N) is 1. The van der Waals surface area contributed by atoms with Crippen LogP contribution in [0.3, 0.4) is 0 Å². The van der Waals surface area contributed by atoms with Crippen LogP contribution in [-0.4, -0.2) is 26.1 Å². The summed E-state index contributed by atoms with van der Waals surface area (Å²) in [6.45, 7) is 3.51. The molecule has 5 heteroatoms. The number of sulfone groups is 1. The first-order valence-corrected chi connectivity index (χ1v) is 7.94. The first-order valence-electron chi connectivity index (χ1n) is 6.22. The van der Waals surface area contributed by atoms with E-state index in [9.17, 15) is 13.2 Å². The zero-order valence-corrected chi connectivity index (χ0v) is 11.9. The fourth-order valence-corrected chi connectivity index (χ4v) is 3.49. The van der Waals surface area contributed by atoms with E-state index in [0.717, 1.165) is 12.1 Å². The van der Waals surface area contributed by atoms with Crippen molar-refractivity contribution in [2.75, 3.05) is 10.7 Å². The highest BCUT2D eigenvalue weighted by Gasteiger charge is 2.29. The van der Waals surface area contributed by atoms with Crippen molar-refractivity contribution in [3.8, 4) is 0 Å². The van der Waals surface area contributed by atoms with Gasteiger partial charge in [0.25, 0.3) is 0 Å². The third kappa shape index (κ3) is 3.04. The van der Waals surface area contributed by atoms with E-state index in [2.05, 4.69) is 6.92 Å². The lowest BCUT2D eigenvalue weighted by Gasteiger charge is -2.26. The van der Waals surface area contributed by atoms with Gasteiger partial charge in [0.15, 0.2) is 9.84 Å². The zero-order valence-electron chi connectivity index (χ0n) is 11.0. The second-order valence-electron chi connectivity index (χ2n) is 4.63. The maximum Gasteiger partial charge on any atom is 0.224 e. The van der Waals surface area contributed by atoms with Crippen molar-refractivity contribution in [1.29, 1.82) is 0 Å². The Morgan fingerprint density at radius 1 is 1.32 bits per heavy atom. The Balaban J connectivity index is 2.31. The fourth-order valence-electron chi connectivity index (χ4n) is 2.22. The van der Waals surface area contributed by atoms with Crippen LogP contribution in [0.15, 0.2) is 35.7 Å². The summed E-state index contributed by atoms with van der Waals surface area (Å²) in [5, 5.41) is 1.19. The molecule has 1 aliphatic rings. The molecule has 1 aromatic carbocycles. The van der Waals surface area contributed by atoms with Crippen LogP contribution in [0.1, 0.15) is 19.4 Å². The molecule has 102 valence electrons. The monoisotopic (exact) mass is 279 g/mol. The lowest BCUT2D eigenvalue weighted by Crippen LogP contribution is -2.39. The molecule has 0 bridgehead atoms. The fraction of sp³-hybridized carbons (Fsp3) is 0.357. The maximum absolute atomic E-state index is 11.8. The number of carbonyl (C=O) groups is 1. The van der Waals surface area contributed by atoms with Gasteiger partial charge < -0.3 is 4.90 Å². The van der Waals surface area contributed by atoms with Crippen LogP contribution in [0.25, 0.3) is 0 Å². The predicted octanol–water partition coefficient (Wildman–Crippen LogP) is 1.91. The molecule has 1 heterocycles. The number of hydrogen-bond acceptors (Lipinski definition) is 3. The van der Waals surface area contributed by atoms with E-state index < -0.39 is 15.9 Å². The average Bonchev–Trinajstić information content (AvgIpc) is 2.70. The topological polar surface area (TPSA) is 54.5 Å². The summed E-state index contributed by atoms with van der Waals surface area (Å²) >= 11 is 0. The quantitative estimate of drug-likeness (QED) is 0.849. The van der Waals surface area contributed by atoms with E-state index in [0.29, 0.717) is 0 Å². The van der Waals surface area contributed by atoms with Crippen molar-refractivity contribution in [2.24, 2.45) is 0 Å². The SMILES string of the molecule is CCc1ccc(N(C(C)=O)[C@H]2C=CS(=O)(=O)C2)cc1. The van der Waals surface area contributed by atoms with E-state index in [4.69, 9.17) is 0 Å². The number of benzene rings is 1. The average molecular weight is 279 g/mol. The number of amides is 1. The van der Waals surface area contributed by atoms with Crippen molar-refractivity contribution in [2.45, 2.75) is 26.3 Å².